The molecule has 2 atom stereocenters. The summed E-state index contributed by atoms with van der Waals surface area (Å²) >= 11 is 0. The first-order chi connectivity index (χ1) is 7.87. The van der Waals surface area contributed by atoms with Crippen molar-refractivity contribution >= 4 is 15.9 Å². The normalized spacial score (nSPS) is 23.1. The fourth-order valence-electron chi connectivity index (χ4n) is 2.37. The average molecular weight is 263 g/mol. The van der Waals surface area contributed by atoms with Gasteiger partial charge in [0.15, 0.2) is 0 Å². The molecule has 4 N–H and O–H groups in total. The summed E-state index contributed by atoms with van der Waals surface area (Å²) in [6.07, 6.45) is 1.87. The summed E-state index contributed by atoms with van der Waals surface area (Å²) in [6, 6.07) is 0.123. The van der Waals surface area contributed by atoms with Gasteiger partial charge in [-0.1, -0.05) is 6.92 Å². The van der Waals surface area contributed by atoms with Gasteiger partial charge in [0.05, 0.1) is 5.75 Å². The number of amides is 1. The molecule has 1 heterocycles. The fourth-order valence-corrected chi connectivity index (χ4v) is 3.25. The Morgan fingerprint density at radius 2 is 2.18 bits per heavy atom. The molecule has 0 spiro atoms. The molecule has 1 aliphatic heterocycles. The van der Waals surface area contributed by atoms with Crippen LogP contribution in [0.1, 0.15) is 26.2 Å². The van der Waals surface area contributed by atoms with Crippen molar-refractivity contribution < 1.29 is 13.2 Å². The van der Waals surface area contributed by atoms with E-state index in [0.29, 0.717) is 13.1 Å². The van der Waals surface area contributed by atoms with E-state index in [9.17, 15) is 13.2 Å². The van der Waals surface area contributed by atoms with E-state index in [0.717, 1.165) is 12.8 Å². The Bertz CT molecular complexity index is 369. The molecule has 1 aliphatic rings. The predicted molar refractivity (Wildman–Crippen MR) is 65.5 cm³/mol. The van der Waals surface area contributed by atoms with Crippen LogP contribution >= 0.6 is 0 Å². The summed E-state index contributed by atoms with van der Waals surface area (Å²) in [6.45, 7) is 3.01. The maximum Gasteiger partial charge on any atom is 0.223 e. The molecule has 100 valence electrons. The largest absolute Gasteiger partial charge is 0.339 e. The van der Waals surface area contributed by atoms with Crippen molar-refractivity contribution in [2.24, 2.45) is 16.8 Å². The van der Waals surface area contributed by atoms with Gasteiger partial charge in [-0.05, 0) is 19.4 Å². The Kier molecular flexibility index (Phi) is 4.91. The Balaban J connectivity index is 2.63. The number of nitrogens with zero attached hydrogens (tertiary/aromatic N) is 1. The molecular weight excluding hydrogens is 242 g/mol. The minimum absolute atomic E-state index is 0.0129. The van der Waals surface area contributed by atoms with Gasteiger partial charge in [0.25, 0.3) is 0 Å². The number of carbonyl (C=O) groups excluding carboxylic acids is 1. The Morgan fingerprint density at radius 3 is 2.65 bits per heavy atom. The third kappa shape index (κ3) is 4.25. The molecule has 0 radical (unpaired) electrons. The van der Waals surface area contributed by atoms with Crippen molar-refractivity contribution in [2.45, 2.75) is 32.2 Å². The first-order valence-corrected chi connectivity index (χ1v) is 7.59. The van der Waals surface area contributed by atoms with Crippen molar-refractivity contribution in [1.29, 1.82) is 0 Å². The highest BCUT2D eigenvalue weighted by Crippen LogP contribution is 2.23. The van der Waals surface area contributed by atoms with E-state index in [1.807, 2.05) is 6.92 Å². The van der Waals surface area contributed by atoms with Gasteiger partial charge in [-0.2, -0.15) is 0 Å². The second-order valence-electron chi connectivity index (χ2n) is 4.59. The van der Waals surface area contributed by atoms with E-state index >= 15 is 0 Å². The molecule has 0 aromatic rings. The Hall–Kier alpha value is -0.660. The number of primary sulfonamides is 1. The van der Waals surface area contributed by atoms with Crippen LogP contribution in [-0.2, 0) is 14.8 Å². The topological polar surface area (TPSA) is 106 Å². The highest BCUT2D eigenvalue weighted by molar-refractivity contribution is 7.89. The number of rotatable bonds is 6. The summed E-state index contributed by atoms with van der Waals surface area (Å²) in [7, 11) is -3.50. The second-order valence-corrected chi connectivity index (χ2v) is 6.24. The first-order valence-electron chi connectivity index (χ1n) is 5.87. The number of nitrogens with two attached hydrogens (primary N) is 2. The van der Waals surface area contributed by atoms with E-state index in [-0.39, 0.29) is 30.0 Å². The van der Waals surface area contributed by atoms with Gasteiger partial charge in [0.1, 0.15) is 0 Å². The molecule has 0 aromatic carbocycles. The van der Waals surface area contributed by atoms with E-state index in [1.165, 1.54) is 0 Å². The molecule has 7 heteroatoms. The minimum atomic E-state index is -3.50. The molecule has 6 nitrogen and oxygen atoms in total. The maximum absolute atomic E-state index is 11.8. The molecule has 1 rings (SSSR count). The van der Waals surface area contributed by atoms with E-state index in [4.69, 9.17) is 10.9 Å². The van der Waals surface area contributed by atoms with Crippen LogP contribution in [0.4, 0.5) is 0 Å². The number of carbonyl (C=O) groups is 1. The van der Waals surface area contributed by atoms with Crippen LogP contribution in [0.15, 0.2) is 0 Å². The van der Waals surface area contributed by atoms with Gasteiger partial charge in [-0.15, -0.1) is 0 Å². The zero-order chi connectivity index (χ0) is 13.1. The zero-order valence-corrected chi connectivity index (χ0v) is 10.9. The van der Waals surface area contributed by atoms with Crippen LogP contribution < -0.4 is 10.9 Å². The number of likely N-dealkylation sites (tertiary alicyclic amines) is 1. The van der Waals surface area contributed by atoms with Gasteiger partial charge in [0.2, 0.25) is 15.9 Å². The van der Waals surface area contributed by atoms with Gasteiger partial charge < -0.3 is 10.6 Å². The lowest BCUT2D eigenvalue weighted by atomic mass is 10.1. The maximum atomic E-state index is 11.8. The lowest BCUT2D eigenvalue weighted by Gasteiger charge is -2.26. The quantitative estimate of drug-likeness (QED) is 0.657. The number of hydrogen-bond donors (Lipinski definition) is 2. The van der Waals surface area contributed by atoms with E-state index < -0.39 is 10.0 Å². The van der Waals surface area contributed by atoms with Crippen molar-refractivity contribution in [1.82, 2.24) is 4.90 Å². The van der Waals surface area contributed by atoms with Crippen molar-refractivity contribution in [3.05, 3.63) is 0 Å². The SMILES string of the molecule is CCC(CCN)N1CC(CS(N)(=O)=O)CC1=O. The van der Waals surface area contributed by atoms with Crippen LogP contribution in [0.2, 0.25) is 0 Å². The smallest absolute Gasteiger partial charge is 0.223 e. The van der Waals surface area contributed by atoms with E-state index in [1.54, 1.807) is 4.90 Å². The molecule has 1 saturated heterocycles. The fraction of sp³-hybridized carbons (Fsp3) is 0.900. The van der Waals surface area contributed by atoms with Crippen molar-refractivity contribution in [3.63, 3.8) is 0 Å². The molecule has 0 aromatic heterocycles. The van der Waals surface area contributed by atoms with Crippen LogP contribution in [0.25, 0.3) is 0 Å². The van der Waals surface area contributed by atoms with Crippen molar-refractivity contribution in [3.8, 4) is 0 Å². The first kappa shape index (κ1) is 14.4. The minimum Gasteiger partial charge on any atom is -0.339 e. The molecule has 17 heavy (non-hydrogen) atoms. The van der Waals surface area contributed by atoms with Crippen LogP contribution in [0, 0.1) is 5.92 Å². The predicted octanol–water partition coefficient (Wildman–Crippen LogP) is -0.749. The Labute approximate surface area is 102 Å². The molecule has 1 amide bonds. The lowest BCUT2D eigenvalue weighted by molar-refractivity contribution is -0.129. The summed E-state index contributed by atoms with van der Waals surface area (Å²) in [4.78, 5) is 13.5. The molecule has 2 unspecified atom stereocenters. The summed E-state index contributed by atoms with van der Waals surface area (Å²) in [5, 5.41) is 5.00. The van der Waals surface area contributed by atoms with Gasteiger partial charge >= 0.3 is 0 Å². The Morgan fingerprint density at radius 1 is 1.53 bits per heavy atom. The second kappa shape index (κ2) is 5.79. The monoisotopic (exact) mass is 263 g/mol. The van der Waals surface area contributed by atoms with Gasteiger partial charge in [0, 0.05) is 24.9 Å². The molecule has 1 fully saturated rings. The highest BCUT2D eigenvalue weighted by Gasteiger charge is 2.34. The number of hydrogen-bond acceptors (Lipinski definition) is 4. The molecular formula is C10H21N3O3S. The summed E-state index contributed by atoms with van der Waals surface area (Å²) < 4.78 is 22.0. The highest BCUT2D eigenvalue weighted by atomic mass is 32.2. The summed E-state index contributed by atoms with van der Waals surface area (Å²) in [5.41, 5.74) is 5.50. The van der Waals surface area contributed by atoms with Gasteiger partial charge in [-0.3, -0.25) is 4.79 Å². The summed E-state index contributed by atoms with van der Waals surface area (Å²) in [5.74, 6) is -0.280. The number of sulfonamides is 1. The van der Waals surface area contributed by atoms with Crippen LogP contribution in [-0.4, -0.2) is 44.1 Å². The van der Waals surface area contributed by atoms with Gasteiger partial charge in [-0.25, -0.2) is 13.6 Å². The third-order valence-corrected chi connectivity index (χ3v) is 4.05. The van der Waals surface area contributed by atoms with Crippen molar-refractivity contribution in [2.75, 3.05) is 18.8 Å². The zero-order valence-electron chi connectivity index (χ0n) is 10.1. The average Bonchev–Trinajstić information content (AvgIpc) is 2.53. The van der Waals surface area contributed by atoms with Crippen LogP contribution in [0.5, 0.6) is 0 Å². The molecule has 0 saturated carbocycles. The van der Waals surface area contributed by atoms with Crippen LogP contribution in [0.3, 0.4) is 0 Å². The van der Waals surface area contributed by atoms with E-state index in [2.05, 4.69) is 0 Å². The third-order valence-electron chi connectivity index (χ3n) is 3.12. The standard InChI is InChI=1S/C10H21N3O3S/c1-2-9(3-4-11)13-6-8(5-10(13)14)7-17(12,15)16/h8-9H,2-7,11H2,1H3,(H2,12,15,16). The molecule has 0 aliphatic carbocycles. The molecule has 0 bridgehead atoms. The lowest BCUT2D eigenvalue weighted by Crippen LogP contribution is -2.38.